The van der Waals surface area contributed by atoms with Crippen LogP contribution in [0.2, 0.25) is 0 Å². The maximum Gasteiger partial charge on any atom is 0.343 e. The highest BCUT2D eigenvalue weighted by Crippen LogP contribution is 2.30. The molecule has 0 aliphatic heterocycles. The summed E-state index contributed by atoms with van der Waals surface area (Å²) in [5, 5.41) is 0. The fourth-order valence-corrected chi connectivity index (χ4v) is 2.94. The van der Waals surface area contributed by atoms with Crippen LogP contribution >= 0.6 is 0 Å². The summed E-state index contributed by atoms with van der Waals surface area (Å²) in [6.07, 6.45) is 2.91. The highest BCUT2D eigenvalue weighted by Gasteiger charge is 2.15. The van der Waals surface area contributed by atoms with Crippen molar-refractivity contribution in [3.8, 4) is 16.9 Å². The number of hydrogen-bond donors (Lipinski definition) is 0. The summed E-state index contributed by atoms with van der Waals surface area (Å²) in [4.78, 5) is 24.9. The molecule has 3 aromatic rings. The van der Waals surface area contributed by atoms with E-state index >= 15 is 0 Å². The number of carbonyl (C=O) groups is 2. The van der Waals surface area contributed by atoms with Crippen LogP contribution in [0.25, 0.3) is 11.1 Å². The van der Waals surface area contributed by atoms with E-state index in [1.165, 1.54) is 6.07 Å². The molecule has 0 fully saturated rings. The maximum absolute atomic E-state index is 12.7. The zero-order chi connectivity index (χ0) is 20.5. The Morgan fingerprint density at radius 1 is 0.759 bits per heavy atom. The third-order valence-electron chi connectivity index (χ3n) is 4.49. The Morgan fingerprint density at radius 2 is 1.45 bits per heavy atom. The quantitative estimate of drug-likeness (QED) is 0.273. The molecule has 0 radical (unpaired) electrons. The first kappa shape index (κ1) is 20.3. The zero-order valence-corrected chi connectivity index (χ0v) is 16.5. The second-order valence-electron chi connectivity index (χ2n) is 6.68. The van der Waals surface area contributed by atoms with Crippen LogP contribution in [0.5, 0.6) is 5.75 Å². The van der Waals surface area contributed by atoms with E-state index in [9.17, 15) is 9.59 Å². The van der Waals surface area contributed by atoms with Crippen LogP contribution in [0, 0.1) is 0 Å². The fraction of sp³-hybridized carbons (Fsp3) is 0.200. The van der Waals surface area contributed by atoms with Gasteiger partial charge in [-0.05, 0) is 36.2 Å². The number of benzene rings is 3. The topological polar surface area (TPSA) is 52.6 Å². The molecule has 0 amide bonds. The Hall–Kier alpha value is -3.40. The van der Waals surface area contributed by atoms with Crippen molar-refractivity contribution < 1.29 is 19.1 Å². The van der Waals surface area contributed by atoms with Gasteiger partial charge in [0, 0.05) is 5.56 Å². The van der Waals surface area contributed by atoms with Crippen LogP contribution in [-0.4, -0.2) is 18.5 Å². The van der Waals surface area contributed by atoms with Gasteiger partial charge in [0.25, 0.3) is 0 Å². The minimum atomic E-state index is -0.519. The van der Waals surface area contributed by atoms with E-state index in [0.29, 0.717) is 23.5 Å². The van der Waals surface area contributed by atoms with E-state index in [0.717, 1.165) is 30.4 Å². The predicted octanol–water partition coefficient (Wildman–Crippen LogP) is 5.92. The van der Waals surface area contributed by atoms with Crippen LogP contribution in [0.15, 0.2) is 78.9 Å². The van der Waals surface area contributed by atoms with Gasteiger partial charge < -0.3 is 9.47 Å². The molecule has 3 aromatic carbocycles. The van der Waals surface area contributed by atoms with E-state index in [2.05, 4.69) is 6.92 Å². The molecule has 0 aromatic heterocycles. The summed E-state index contributed by atoms with van der Waals surface area (Å²) >= 11 is 0. The number of rotatable bonds is 8. The van der Waals surface area contributed by atoms with E-state index in [1.807, 2.05) is 48.5 Å². The monoisotopic (exact) mass is 388 g/mol. The van der Waals surface area contributed by atoms with Crippen LogP contribution in [0.3, 0.4) is 0 Å². The standard InChI is InChI=1S/C25H24O4/c1-2-3-9-17-28-24(26)20-13-10-14-21(18-20)25(27)29-23-16-8-7-15-22(23)19-11-5-4-6-12-19/h4-8,10-16,18H,2-3,9,17H2,1H3. The van der Waals surface area contributed by atoms with E-state index in [4.69, 9.17) is 9.47 Å². The molecule has 0 spiro atoms. The smallest absolute Gasteiger partial charge is 0.343 e. The van der Waals surface area contributed by atoms with E-state index < -0.39 is 11.9 Å². The summed E-state index contributed by atoms with van der Waals surface area (Å²) in [7, 11) is 0. The van der Waals surface area contributed by atoms with Gasteiger partial charge in [-0.25, -0.2) is 9.59 Å². The van der Waals surface area contributed by atoms with Crippen molar-refractivity contribution in [3.63, 3.8) is 0 Å². The van der Waals surface area contributed by atoms with Crippen LogP contribution in [0.1, 0.15) is 46.9 Å². The van der Waals surface area contributed by atoms with E-state index in [1.54, 1.807) is 24.3 Å². The molecule has 0 bridgehead atoms. The Morgan fingerprint density at radius 3 is 2.21 bits per heavy atom. The average molecular weight is 388 g/mol. The van der Waals surface area contributed by atoms with Gasteiger partial charge in [0.15, 0.2) is 0 Å². The Labute approximate surface area is 171 Å². The van der Waals surface area contributed by atoms with Crippen molar-refractivity contribution in [2.75, 3.05) is 6.61 Å². The number of ether oxygens (including phenoxy) is 2. The molecule has 0 unspecified atom stereocenters. The van der Waals surface area contributed by atoms with Crippen molar-refractivity contribution >= 4 is 11.9 Å². The van der Waals surface area contributed by atoms with Crippen molar-refractivity contribution in [1.29, 1.82) is 0 Å². The minimum absolute atomic E-state index is 0.302. The number of carbonyl (C=O) groups excluding carboxylic acids is 2. The first-order valence-corrected chi connectivity index (χ1v) is 9.83. The third-order valence-corrected chi connectivity index (χ3v) is 4.49. The molecule has 0 N–H and O–H groups in total. The molecular formula is C25H24O4. The Bertz CT molecular complexity index is 963. The average Bonchev–Trinajstić information content (AvgIpc) is 2.77. The zero-order valence-electron chi connectivity index (χ0n) is 16.5. The first-order chi connectivity index (χ1) is 14.2. The van der Waals surface area contributed by atoms with Crippen LogP contribution in [-0.2, 0) is 4.74 Å². The van der Waals surface area contributed by atoms with Crippen molar-refractivity contribution in [2.45, 2.75) is 26.2 Å². The third kappa shape index (κ3) is 5.55. The molecule has 3 rings (SSSR count). The van der Waals surface area contributed by atoms with E-state index in [-0.39, 0.29) is 0 Å². The maximum atomic E-state index is 12.7. The predicted molar refractivity (Wildman–Crippen MR) is 113 cm³/mol. The lowest BCUT2D eigenvalue weighted by Crippen LogP contribution is -2.12. The van der Waals surface area contributed by atoms with Crippen LogP contribution in [0.4, 0.5) is 0 Å². The van der Waals surface area contributed by atoms with Gasteiger partial charge >= 0.3 is 11.9 Å². The number of hydrogen-bond acceptors (Lipinski definition) is 4. The lowest BCUT2D eigenvalue weighted by molar-refractivity contribution is 0.0498. The lowest BCUT2D eigenvalue weighted by Gasteiger charge is -2.11. The molecule has 148 valence electrons. The molecule has 4 nitrogen and oxygen atoms in total. The number of para-hydroxylation sites is 1. The molecular weight excluding hydrogens is 364 g/mol. The molecule has 0 saturated carbocycles. The second kappa shape index (κ2) is 10.2. The SMILES string of the molecule is CCCCCOC(=O)c1cccc(C(=O)Oc2ccccc2-c2ccccc2)c1. The number of unbranched alkanes of at least 4 members (excludes halogenated alkanes) is 2. The van der Waals surface area contributed by atoms with Gasteiger partial charge in [-0.3, -0.25) is 0 Å². The molecule has 0 aliphatic rings. The molecule has 4 heteroatoms. The number of esters is 2. The molecule has 0 saturated heterocycles. The highest BCUT2D eigenvalue weighted by molar-refractivity contribution is 5.96. The van der Waals surface area contributed by atoms with Gasteiger partial charge in [-0.1, -0.05) is 74.4 Å². The normalized spacial score (nSPS) is 10.4. The van der Waals surface area contributed by atoms with Gasteiger partial charge in [-0.2, -0.15) is 0 Å². The molecule has 0 aliphatic carbocycles. The summed E-state index contributed by atoms with van der Waals surface area (Å²) in [6, 6.07) is 23.5. The second-order valence-corrected chi connectivity index (χ2v) is 6.68. The highest BCUT2D eigenvalue weighted by atomic mass is 16.5. The Balaban J connectivity index is 1.73. The largest absolute Gasteiger partial charge is 0.462 e. The molecule has 29 heavy (non-hydrogen) atoms. The van der Waals surface area contributed by atoms with Gasteiger partial charge in [0.1, 0.15) is 5.75 Å². The van der Waals surface area contributed by atoms with Gasteiger partial charge in [-0.15, -0.1) is 0 Å². The minimum Gasteiger partial charge on any atom is -0.462 e. The van der Waals surface area contributed by atoms with Gasteiger partial charge in [0.05, 0.1) is 17.7 Å². The first-order valence-electron chi connectivity index (χ1n) is 9.83. The summed E-state index contributed by atoms with van der Waals surface area (Å²) < 4.78 is 10.9. The molecule has 0 heterocycles. The summed E-state index contributed by atoms with van der Waals surface area (Å²) in [6.45, 7) is 2.47. The van der Waals surface area contributed by atoms with Crippen LogP contribution < -0.4 is 4.74 Å². The van der Waals surface area contributed by atoms with Crippen molar-refractivity contribution in [1.82, 2.24) is 0 Å². The summed E-state index contributed by atoms with van der Waals surface area (Å²) in [5.74, 6) is -0.481. The fourth-order valence-electron chi connectivity index (χ4n) is 2.94. The van der Waals surface area contributed by atoms with Crippen molar-refractivity contribution in [2.24, 2.45) is 0 Å². The molecule has 0 atom stereocenters. The summed E-state index contributed by atoms with van der Waals surface area (Å²) in [5.41, 5.74) is 2.43. The van der Waals surface area contributed by atoms with Crippen molar-refractivity contribution in [3.05, 3.63) is 90.0 Å². The Kier molecular flexibility index (Phi) is 7.17. The van der Waals surface area contributed by atoms with Gasteiger partial charge in [0.2, 0.25) is 0 Å². The lowest BCUT2D eigenvalue weighted by atomic mass is 10.0.